The molecule has 0 aliphatic carbocycles. The number of unbranched alkanes of at least 4 members (excludes halogenated alkanes) is 26. The Morgan fingerprint density at radius 2 is 0.830 bits per heavy atom. The van der Waals surface area contributed by atoms with Crippen molar-refractivity contribution in [3.05, 3.63) is 36.5 Å². The summed E-state index contributed by atoms with van der Waals surface area (Å²) in [4.78, 5) is 12.3. The molecule has 0 spiro atoms. The van der Waals surface area contributed by atoms with Gasteiger partial charge in [0.05, 0.1) is 18.8 Å². The molecule has 276 valence electrons. The van der Waals surface area contributed by atoms with Crippen molar-refractivity contribution in [3.8, 4) is 0 Å². The highest BCUT2D eigenvalue weighted by Gasteiger charge is 2.17. The van der Waals surface area contributed by atoms with E-state index in [4.69, 9.17) is 0 Å². The van der Waals surface area contributed by atoms with Gasteiger partial charge in [-0.2, -0.15) is 0 Å². The van der Waals surface area contributed by atoms with Gasteiger partial charge in [-0.25, -0.2) is 0 Å². The summed E-state index contributed by atoms with van der Waals surface area (Å²) in [6.45, 7) is 4.26. The van der Waals surface area contributed by atoms with Crippen molar-refractivity contribution >= 4 is 5.91 Å². The lowest BCUT2D eigenvalue weighted by Crippen LogP contribution is -2.45. The summed E-state index contributed by atoms with van der Waals surface area (Å²) in [5.74, 6) is -0.0768. The van der Waals surface area contributed by atoms with Crippen LogP contribution in [0.2, 0.25) is 0 Å². The molecular weight excluding hydrogens is 578 g/mol. The summed E-state index contributed by atoms with van der Waals surface area (Å²) in [7, 11) is 0. The number of carbonyl (C=O) groups is 1. The lowest BCUT2D eigenvalue weighted by molar-refractivity contribution is -0.123. The van der Waals surface area contributed by atoms with E-state index in [1.807, 2.05) is 6.08 Å². The van der Waals surface area contributed by atoms with Crippen LogP contribution >= 0.6 is 0 Å². The molecule has 47 heavy (non-hydrogen) atoms. The molecule has 4 heteroatoms. The zero-order valence-corrected chi connectivity index (χ0v) is 31.5. The van der Waals surface area contributed by atoms with Gasteiger partial charge in [0.25, 0.3) is 0 Å². The van der Waals surface area contributed by atoms with Crippen LogP contribution in [0.5, 0.6) is 0 Å². The quantitative estimate of drug-likeness (QED) is 0.0459. The topological polar surface area (TPSA) is 69.6 Å². The van der Waals surface area contributed by atoms with Crippen molar-refractivity contribution < 1.29 is 15.0 Å². The number of carbonyl (C=O) groups excluding carboxylic acids is 1. The highest BCUT2D eigenvalue weighted by molar-refractivity contribution is 5.76. The van der Waals surface area contributed by atoms with Crippen molar-refractivity contribution in [1.82, 2.24) is 5.32 Å². The van der Waals surface area contributed by atoms with E-state index >= 15 is 0 Å². The maximum absolute atomic E-state index is 12.3. The Labute approximate surface area is 293 Å². The lowest BCUT2D eigenvalue weighted by atomic mass is 10.0. The number of rotatable bonds is 37. The lowest BCUT2D eigenvalue weighted by Gasteiger charge is -2.19. The van der Waals surface area contributed by atoms with E-state index in [0.717, 1.165) is 38.5 Å². The van der Waals surface area contributed by atoms with Crippen LogP contribution < -0.4 is 5.32 Å². The fourth-order valence-corrected chi connectivity index (χ4v) is 6.15. The van der Waals surface area contributed by atoms with E-state index in [2.05, 4.69) is 43.5 Å². The molecule has 0 aromatic rings. The highest BCUT2D eigenvalue weighted by Crippen LogP contribution is 2.15. The van der Waals surface area contributed by atoms with Crippen LogP contribution in [0, 0.1) is 0 Å². The van der Waals surface area contributed by atoms with Gasteiger partial charge >= 0.3 is 0 Å². The molecule has 1 amide bonds. The minimum atomic E-state index is -0.865. The second kappa shape index (κ2) is 39.1. The fraction of sp³-hybridized carbons (Fsp3) is 0.837. The summed E-state index contributed by atoms with van der Waals surface area (Å²) in [6, 6.07) is -0.641. The van der Waals surface area contributed by atoms with Crippen LogP contribution in [0.25, 0.3) is 0 Å². The molecule has 0 aromatic carbocycles. The molecule has 0 rings (SSSR count). The largest absolute Gasteiger partial charge is 0.394 e. The van der Waals surface area contributed by atoms with Crippen molar-refractivity contribution in [3.63, 3.8) is 0 Å². The van der Waals surface area contributed by atoms with E-state index in [9.17, 15) is 15.0 Å². The van der Waals surface area contributed by atoms with Crippen LogP contribution in [0.4, 0.5) is 0 Å². The number of nitrogens with one attached hydrogen (secondary N) is 1. The first-order valence-corrected chi connectivity index (χ1v) is 20.7. The molecule has 0 bridgehead atoms. The van der Waals surface area contributed by atoms with Gasteiger partial charge < -0.3 is 15.5 Å². The molecule has 2 atom stereocenters. The molecule has 4 nitrogen and oxygen atoms in total. The van der Waals surface area contributed by atoms with Gasteiger partial charge in [0.1, 0.15) is 0 Å². The Morgan fingerprint density at radius 1 is 0.489 bits per heavy atom. The maximum Gasteiger partial charge on any atom is 0.220 e. The van der Waals surface area contributed by atoms with E-state index in [1.165, 1.54) is 154 Å². The number of allylic oxidation sites excluding steroid dienone is 5. The summed E-state index contributed by atoms with van der Waals surface area (Å²) >= 11 is 0. The number of aliphatic hydroxyl groups excluding tert-OH is 2. The number of aliphatic hydroxyl groups is 2. The molecule has 0 aliphatic rings. The SMILES string of the molecule is CCCCC/C=C/CC/C=C/CC/C=C/C(O)C(CO)NC(=O)CCCCCCCCCCCCCCCCCCCCCCCC. The molecule has 2 unspecified atom stereocenters. The van der Waals surface area contributed by atoms with Crippen LogP contribution in [0.3, 0.4) is 0 Å². The normalized spacial score (nSPS) is 13.4. The Hall–Kier alpha value is -1.39. The molecule has 0 fully saturated rings. The van der Waals surface area contributed by atoms with Gasteiger partial charge in [0, 0.05) is 6.42 Å². The van der Waals surface area contributed by atoms with E-state index in [1.54, 1.807) is 6.08 Å². The Morgan fingerprint density at radius 3 is 1.23 bits per heavy atom. The third-order valence-corrected chi connectivity index (χ3v) is 9.35. The summed E-state index contributed by atoms with van der Waals surface area (Å²) < 4.78 is 0. The number of hydrogen-bond donors (Lipinski definition) is 3. The summed E-state index contributed by atoms with van der Waals surface area (Å²) in [5.41, 5.74) is 0. The van der Waals surface area contributed by atoms with Crippen LogP contribution in [-0.4, -0.2) is 34.9 Å². The first kappa shape index (κ1) is 45.6. The first-order valence-electron chi connectivity index (χ1n) is 20.7. The Balaban J connectivity index is 3.56. The Bertz CT molecular complexity index is 716. The van der Waals surface area contributed by atoms with Crippen LogP contribution in [0.1, 0.15) is 213 Å². The second-order valence-electron chi connectivity index (χ2n) is 14.0. The van der Waals surface area contributed by atoms with Crippen molar-refractivity contribution in [1.29, 1.82) is 0 Å². The minimum absolute atomic E-state index is 0.0768. The molecule has 0 aromatic heterocycles. The van der Waals surface area contributed by atoms with Gasteiger partial charge in [-0.05, 0) is 44.9 Å². The molecule has 0 heterocycles. The highest BCUT2D eigenvalue weighted by atomic mass is 16.3. The van der Waals surface area contributed by atoms with Gasteiger partial charge in [0.2, 0.25) is 5.91 Å². The maximum atomic E-state index is 12.3. The predicted octanol–water partition coefficient (Wildman–Crippen LogP) is 12.6. The predicted molar refractivity (Wildman–Crippen MR) is 207 cm³/mol. The minimum Gasteiger partial charge on any atom is -0.394 e. The van der Waals surface area contributed by atoms with Crippen LogP contribution in [0.15, 0.2) is 36.5 Å². The van der Waals surface area contributed by atoms with E-state index < -0.39 is 12.1 Å². The third-order valence-electron chi connectivity index (χ3n) is 9.35. The third kappa shape index (κ3) is 35.7. The monoisotopic (exact) mass is 660 g/mol. The van der Waals surface area contributed by atoms with Crippen molar-refractivity contribution in [2.75, 3.05) is 6.61 Å². The summed E-state index contributed by atoms with van der Waals surface area (Å²) in [5, 5.41) is 22.9. The molecular formula is C43H81NO3. The Kier molecular flexibility index (Phi) is 37.9. The molecule has 3 N–H and O–H groups in total. The number of hydrogen-bond acceptors (Lipinski definition) is 3. The molecule has 0 saturated heterocycles. The molecule has 0 saturated carbocycles. The van der Waals surface area contributed by atoms with Crippen LogP contribution in [-0.2, 0) is 4.79 Å². The molecule has 0 radical (unpaired) electrons. The zero-order chi connectivity index (χ0) is 34.3. The van der Waals surface area contributed by atoms with Crippen molar-refractivity contribution in [2.45, 2.75) is 225 Å². The van der Waals surface area contributed by atoms with Crippen molar-refractivity contribution in [2.24, 2.45) is 0 Å². The average molecular weight is 660 g/mol. The van der Waals surface area contributed by atoms with Gasteiger partial charge in [-0.15, -0.1) is 0 Å². The fourth-order valence-electron chi connectivity index (χ4n) is 6.15. The average Bonchev–Trinajstić information content (AvgIpc) is 3.07. The molecule has 0 aliphatic heterocycles. The second-order valence-corrected chi connectivity index (χ2v) is 14.0. The van der Waals surface area contributed by atoms with E-state index in [-0.39, 0.29) is 12.5 Å². The smallest absolute Gasteiger partial charge is 0.220 e. The van der Waals surface area contributed by atoms with Gasteiger partial charge in [0.15, 0.2) is 0 Å². The van der Waals surface area contributed by atoms with E-state index in [0.29, 0.717) is 6.42 Å². The number of amides is 1. The zero-order valence-electron chi connectivity index (χ0n) is 31.5. The van der Waals surface area contributed by atoms with Gasteiger partial charge in [-0.3, -0.25) is 4.79 Å². The summed E-state index contributed by atoms with van der Waals surface area (Å²) in [6.07, 6.45) is 51.1. The standard InChI is InChI=1S/C43H81NO3/c1-3-5-7-9-11-13-15-17-18-19-20-21-22-23-24-25-27-29-31-33-35-37-39-43(47)44-41(40-45)42(46)38-36-34-32-30-28-26-16-14-12-10-8-6-4-2/h12,14,28,30,36,38,41-42,45-46H,3-11,13,15-27,29,31-35,37,39-40H2,1-2H3,(H,44,47)/b14-12+,30-28+,38-36+. The first-order chi connectivity index (χ1) is 23.2. The van der Waals surface area contributed by atoms with Gasteiger partial charge in [-0.1, -0.05) is 198 Å².